The maximum absolute atomic E-state index is 10.8. The number of carboxylic acids is 1. The number of aliphatic carboxylic acids is 1. The third-order valence-corrected chi connectivity index (χ3v) is 5.74. The number of aliphatic hydroxyl groups is 2. The summed E-state index contributed by atoms with van der Waals surface area (Å²) in [5, 5.41) is 29.7. The van der Waals surface area contributed by atoms with Crippen molar-refractivity contribution in [3.63, 3.8) is 0 Å². The molecule has 1 fully saturated rings. The number of hydrogen-bond donors (Lipinski definition) is 3. The van der Waals surface area contributed by atoms with Gasteiger partial charge in [-0.2, -0.15) is 0 Å². The average molecular weight is 421 g/mol. The van der Waals surface area contributed by atoms with E-state index in [0.717, 1.165) is 19.3 Å². The smallest absolute Gasteiger partial charge is 0.341 e. The summed E-state index contributed by atoms with van der Waals surface area (Å²) >= 11 is 0. The first-order valence-corrected chi connectivity index (χ1v) is 10.7. The Balaban J connectivity index is 1.66. The van der Waals surface area contributed by atoms with Crippen LogP contribution in [0.4, 0.5) is 0 Å². The van der Waals surface area contributed by atoms with Crippen LogP contribution in [0.15, 0.2) is 30.4 Å². The van der Waals surface area contributed by atoms with E-state index in [2.05, 4.69) is 13.8 Å². The molecule has 6 unspecified atom stereocenters. The lowest BCUT2D eigenvalue weighted by Crippen LogP contribution is -2.39. The van der Waals surface area contributed by atoms with E-state index >= 15 is 0 Å². The Bertz CT molecular complexity index is 747. The van der Waals surface area contributed by atoms with Crippen molar-refractivity contribution in [1.82, 2.24) is 0 Å². The second kappa shape index (κ2) is 10.2. The monoisotopic (exact) mass is 420 g/mol. The third-order valence-electron chi connectivity index (χ3n) is 5.74. The maximum Gasteiger partial charge on any atom is 0.341 e. The zero-order valence-corrected chi connectivity index (χ0v) is 17.6. The molecular formula is C23H32O7. The van der Waals surface area contributed by atoms with Gasteiger partial charge in [-0.05, 0) is 24.5 Å². The lowest BCUT2D eigenvalue weighted by Gasteiger charge is -2.32. The van der Waals surface area contributed by atoms with Crippen LogP contribution in [0.1, 0.15) is 46.0 Å². The van der Waals surface area contributed by atoms with Gasteiger partial charge in [0.05, 0.1) is 12.2 Å². The summed E-state index contributed by atoms with van der Waals surface area (Å²) in [6.07, 6.45) is 6.09. The molecule has 0 amide bonds. The molecule has 7 nitrogen and oxygen atoms in total. The number of ether oxygens (including phenoxy) is 3. The number of aliphatic hydroxyl groups excluding tert-OH is 2. The van der Waals surface area contributed by atoms with Crippen molar-refractivity contribution in [2.24, 2.45) is 11.8 Å². The standard InChI is InChI=1S/C23H32O7/c1-3-4-6-14(2)11-15(24)9-10-16-17(25)12-20-22(16)29-19-8-5-7-18(23(19)30-20)28-13-21(26)27/h5,7-10,14-17,20,22,24-25H,3-4,6,11-13H2,1-2H3,(H,26,27). The first-order valence-electron chi connectivity index (χ1n) is 10.7. The van der Waals surface area contributed by atoms with E-state index in [0.29, 0.717) is 36.0 Å². The zero-order chi connectivity index (χ0) is 21.7. The molecule has 1 aliphatic heterocycles. The second-order valence-corrected chi connectivity index (χ2v) is 8.32. The Morgan fingerprint density at radius 2 is 2.17 bits per heavy atom. The molecular weight excluding hydrogens is 388 g/mol. The summed E-state index contributed by atoms with van der Waals surface area (Å²) in [6.45, 7) is 3.83. The predicted molar refractivity (Wildman–Crippen MR) is 111 cm³/mol. The molecule has 7 heteroatoms. The Labute approximate surface area is 177 Å². The van der Waals surface area contributed by atoms with Crippen LogP contribution in [0.2, 0.25) is 0 Å². The molecule has 0 bridgehead atoms. The molecule has 30 heavy (non-hydrogen) atoms. The number of para-hydroxylation sites is 1. The van der Waals surface area contributed by atoms with Gasteiger partial charge in [0.25, 0.3) is 0 Å². The highest BCUT2D eigenvalue weighted by atomic mass is 16.6. The summed E-state index contributed by atoms with van der Waals surface area (Å²) in [4.78, 5) is 10.8. The van der Waals surface area contributed by atoms with Crippen LogP contribution in [-0.2, 0) is 4.79 Å². The SMILES string of the molecule is CCCCC(C)CC(O)C=CC1C(O)CC2Oc3c(OCC(=O)O)cccc3OC21. The number of unbranched alkanes of at least 4 members (excludes halogenated alkanes) is 1. The van der Waals surface area contributed by atoms with E-state index in [-0.39, 0.29) is 18.1 Å². The largest absolute Gasteiger partial charge is 0.482 e. The molecule has 6 atom stereocenters. The predicted octanol–water partition coefficient (Wildman–Crippen LogP) is 3.17. The average Bonchev–Trinajstić information content (AvgIpc) is 3.01. The Morgan fingerprint density at radius 1 is 1.37 bits per heavy atom. The number of hydrogen-bond acceptors (Lipinski definition) is 6. The van der Waals surface area contributed by atoms with Crippen molar-refractivity contribution in [2.75, 3.05) is 6.61 Å². The summed E-state index contributed by atoms with van der Waals surface area (Å²) < 4.78 is 17.4. The van der Waals surface area contributed by atoms with Crippen LogP contribution in [-0.4, -0.2) is 52.3 Å². The van der Waals surface area contributed by atoms with Crippen LogP contribution in [0.25, 0.3) is 0 Å². The van der Waals surface area contributed by atoms with Gasteiger partial charge in [0.15, 0.2) is 18.1 Å². The fourth-order valence-electron chi connectivity index (χ4n) is 4.18. The van der Waals surface area contributed by atoms with Crippen LogP contribution in [0.3, 0.4) is 0 Å². The van der Waals surface area contributed by atoms with Gasteiger partial charge < -0.3 is 29.5 Å². The van der Waals surface area contributed by atoms with Crippen molar-refractivity contribution < 1.29 is 34.3 Å². The van der Waals surface area contributed by atoms with Crippen molar-refractivity contribution in [3.05, 3.63) is 30.4 Å². The van der Waals surface area contributed by atoms with Gasteiger partial charge in [-0.3, -0.25) is 0 Å². The van der Waals surface area contributed by atoms with Crippen LogP contribution >= 0.6 is 0 Å². The van der Waals surface area contributed by atoms with Crippen LogP contribution < -0.4 is 14.2 Å². The van der Waals surface area contributed by atoms with Gasteiger partial charge in [-0.25, -0.2) is 4.79 Å². The molecule has 3 rings (SSSR count). The van der Waals surface area contributed by atoms with E-state index in [9.17, 15) is 15.0 Å². The normalized spacial score (nSPS) is 26.9. The highest BCUT2D eigenvalue weighted by Gasteiger charge is 2.47. The summed E-state index contributed by atoms with van der Waals surface area (Å²) in [5.74, 6) is 0.190. The number of fused-ring (bicyclic) bond motifs is 2. The zero-order valence-electron chi connectivity index (χ0n) is 17.6. The lowest BCUT2D eigenvalue weighted by atomic mass is 9.95. The molecule has 1 aliphatic carbocycles. The van der Waals surface area contributed by atoms with E-state index in [1.54, 1.807) is 24.3 Å². The quantitative estimate of drug-likeness (QED) is 0.499. The molecule has 2 aliphatic rings. The van der Waals surface area contributed by atoms with Gasteiger partial charge in [-0.1, -0.05) is 51.3 Å². The number of rotatable bonds is 10. The molecule has 1 aromatic carbocycles. The minimum atomic E-state index is -1.08. The molecule has 0 aromatic heterocycles. The minimum absolute atomic E-state index is 0.299. The number of carboxylic acid groups (broad SMARTS) is 1. The Kier molecular flexibility index (Phi) is 7.61. The van der Waals surface area contributed by atoms with Crippen molar-refractivity contribution in [1.29, 1.82) is 0 Å². The molecule has 1 heterocycles. The highest BCUT2D eigenvalue weighted by molar-refractivity contribution is 5.68. The summed E-state index contributed by atoms with van der Waals surface area (Å²) in [6, 6.07) is 5.07. The molecule has 1 saturated carbocycles. The third kappa shape index (κ3) is 5.46. The van der Waals surface area contributed by atoms with E-state index in [1.165, 1.54) is 0 Å². The van der Waals surface area contributed by atoms with Crippen LogP contribution in [0.5, 0.6) is 17.2 Å². The van der Waals surface area contributed by atoms with E-state index < -0.39 is 24.8 Å². The molecule has 1 aromatic rings. The molecule has 3 N–H and O–H groups in total. The number of carbonyl (C=O) groups is 1. The fourth-order valence-corrected chi connectivity index (χ4v) is 4.18. The topological polar surface area (TPSA) is 105 Å². The van der Waals surface area contributed by atoms with Crippen molar-refractivity contribution in [2.45, 2.75) is 70.4 Å². The Morgan fingerprint density at radius 3 is 2.90 bits per heavy atom. The van der Waals surface area contributed by atoms with Gasteiger partial charge in [0, 0.05) is 12.3 Å². The molecule has 0 radical (unpaired) electrons. The summed E-state index contributed by atoms with van der Waals surface area (Å²) in [5.41, 5.74) is 0. The number of benzene rings is 1. The van der Waals surface area contributed by atoms with Crippen molar-refractivity contribution in [3.8, 4) is 17.2 Å². The fraction of sp³-hybridized carbons (Fsp3) is 0.609. The van der Waals surface area contributed by atoms with Crippen LogP contribution in [0, 0.1) is 11.8 Å². The molecule has 0 saturated heterocycles. The van der Waals surface area contributed by atoms with E-state index in [1.807, 2.05) is 6.08 Å². The first kappa shape index (κ1) is 22.4. The highest BCUT2D eigenvalue weighted by Crippen LogP contribution is 2.46. The van der Waals surface area contributed by atoms with Gasteiger partial charge >= 0.3 is 5.97 Å². The molecule has 0 spiro atoms. The second-order valence-electron chi connectivity index (χ2n) is 8.32. The lowest BCUT2D eigenvalue weighted by molar-refractivity contribution is -0.139. The van der Waals surface area contributed by atoms with Gasteiger partial charge in [0.1, 0.15) is 12.2 Å². The minimum Gasteiger partial charge on any atom is -0.482 e. The molecule has 166 valence electrons. The van der Waals surface area contributed by atoms with Crippen molar-refractivity contribution >= 4 is 5.97 Å². The van der Waals surface area contributed by atoms with Gasteiger partial charge in [-0.15, -0.1) is 0 Å². The van der Waals surface area contributed by atoms with E-state index in [4.69, 9.17) is 19.3 Å². The van der Waals surface area contributed by atoms with Gasteiger partial charge in [0.2, 0.25) is 5.75 Å². The summed E-state index contributed by atoms with van der Waals surface area (Å²) in [7, 11) is 0. The first-order chi connectivity index (χ1) is 14.4. The maximum atomic E-state index is 10.8. The Hall–Kier alpha value is -2.25.